The Hall–Kier alpha value is -2.04. The van der Waals surface area contributed by atoms with Crippen LogP contribution in [0.3, 0.4) is 0 Å². The van der Waals surface area contributed by atoms with Crippen LogP contribution in [0, 0.1) is 62.6 Å². The van der Waals surface area contributed by atoms with Crippen LogP contribution in [0.15, 0.2) is 11.6 Å². The summed E-state index contributed by atoms with van der Waals surface area (Å²) in [4.78, 5) is 15.2. The van der Waals surface area contributed by atoms with E-state index in [-0.39, 0.29) is 51.1 Å². The van der Waals surface area contributed by atoms with Gasteiger partial charge in [-0.15, -0.1) is 5.10 Å². The number of tetrazole rings is 1. The largest absolute Gasteiger partial charge is 0.481 e. The smallest absolute Gasteiger partial charge is 0.307 e. The monoisotopic (exact) mass is 652 g/mol. The second-order valence-electron chi connectivity index (χ2n) is 18.1. The molecule has 1 aliphatic heterocycles. The first-order valence-corrected chi connectivity index (χ1v) is 18.5. The standard InChI is InChI=1S/C37H60N6O4/c1-21(2)22(3)34(5)15-16-35(6)24-11-12-28-33(4)17-27(43-41-32(38)40-42-43)30(47-18-26(39-8)23-9-10-23)37(28,20-46-19-33)25(24)13-14-36(35,7)29(34)31(44)45/h13,21-24,26-30,39H,9-12,14-20H2,1-8H3,(H2,38,41)(H,44,45)/t22-,24+,26+,27-,28-,29-,30+,33-,34-,35-,36+,37+/m1/s1. The van der Waals surface area contributed by atoms with Crippen molar-refractivity contribution in [1.82, 2.24) is 25.5 Å². The van der Waals surface area contributed by atoms with Crippen LogP contribution in [-0.4, -0.2) is 70.3 Å². The minimum absolute atomic E-state index is 0.0844. The fourth-order valence-corrected chi connectivity index (χ4v) is 12.6. The van der Waals surface area contributed by atoms with Crippen molar-refractivity contribution in [2.24, 2.45) is 62.6 Å². The Balaban J connectivity index is 1.36. The topological polar surface area (TPSA) is 137 Å². The summed E-state index contributed by atoms with van der Waals surface area (Å²) in [6.45, 7) is 18.2. The summed E-state index contributed by atoms with van der Waals surface area (Å²) in [5, 5.41) is 27.8. The van der Waals surface area contributed by atoms with Crippen molar-refractivity contribution in [1.29, 1.82) is 0 Å². The fraction of sp³-hybridized carbons (Fsp3) is 0.892. The molecule has 10 nitrogen and oxygen atoms in total. The lowest BCUT2D eigenvalue weighted by Crippen LogP contribution is -2.70. The Morgan fingerprint density at radius 2 is 1.87 bits per heavy atom. The Morgan fingerprint density at radius 1 is 1.13 bits per heavy atom. The van der Waals surface area contributed by atoms with E-state index in [9.17, 15) is 9.90 Å². The molecule has 47 heavy (non-hydrogen) atoms. The predicted molar refractivity (Wildman–Crippen MR) is 180 cm³/mol. The van der Waals surface area contributed by atoms with Crippen LogP contribution in [0.25, 0.3) is 0 Å². The Bertz CT molecular complexity index is 1410. The number of carbonyl (C=O) groups is 1. The molecule has 2 bridgehead atoms. The van der Waals surface area contributed by atoms with Crippen LogP contribution < -0.4 is 11.1 Å². The zero-order valence-electron chi connectivity index (χ0n) is 30.1. The molecule has 262 valence electrons. The number of rotatable bonds is 9. The molecule has 1 aromatic heterocycles. The third kappa shape index (κ3) is 4.65. The van der Waals surface area contributed by atoms with E-state index < -0.39 is 11.9 Å². The summed E-state index contributed by atoms with van der Waals surface area (Å²) in [6, 6.07) is 0.170. The van der Waals surface area contributed by atoms with Gasteiger partial charge in [0.25, 0.3) is 5.95 Å². The molecule has 1 aromatic rings. The van der Waals surface area contributed by atoms with Crippen LogP contribution in [-0.2, 0) is 14.3 Å². The zero-order valence-corrected chi connectivity index (χ0v) is 30.1. The highest BCUT2D eigenvalue weighted by Gasteiger charge is 2.72. The van der Waals surface area contributed by atoms with Crippen LogP contribution in [0.4, 0.5) is 5.95 Å². The molecule has 0 aromatic carbocycles. The number of aliphatic carboxylic acids is 1. The second-order valence-corrected chi connectivity index (χ2v) is 18.1. The summed E-state index contributed by atoms with van der Waals surface area (Å²) in [6.07, 6.45) is 10.5. The third-order valence-corrected chi connectivity index (χ3v) is 15.8. The summed E-state index contributed by atoms with van der Waals surface area (Å²) in [5.41, 5.74) is 6.27. The highest BCUT2D eigenvalue weighted by Crippen LogP contribution is 2.75. The van der Waals surface area contributed by atoms with Crippen LogP contribution in [0.5, 0.6) is 0 Å². The molecule has 5 fully saturated rings. The second kappa shape index (κ2) is 11.2. The first-order chi connectivity index (χ1) is 22.2. The maximum atomic E-state index is 13.5. The highest BCUT2D eigenvalue weighted by molar-refractivity contribution is 5.73. The lowest BCUT2D eigenvalue weighted by molar-refractivity contribution is -0.254. The number of nitrogens with two attached hydrogens (primary N) is 1. The molecule has 4 N–H and O–H groups in total. The lowest BCUT2D eigenvalue weighted by atomic mass is 9.34. The van der Waals surface area contributed by atoms with E-state index in [1.165, 1.54) is 18.4 Å². The molecule has 0 radical (unpaired) electrons. The van der Waals surface area contributed by atoms with E-state index in [0.717, 1.165) is 38.5 Å². The first kappa shape index (κ1) is 33.5. The number of hydrogen-bond donors (Lipinski definition) is 3. The van der Waals surface area contributed by atoms with Crippen LogP contribution >= 0.6 is 0 Å². The molecule has 7 rings (SSSR count). The zero-order chi connectivity index (χ0) is 33.7. The van der Waals surface area contributed by atoms with E-state index >= 15 is 0 Å². The molecule has 0 spiro atoms. The van der Waals surface area contributed by atoms with Crippen LogP contribution in [0.2, 0.25) is 0 Å². The number of nitrogens with zero attached hydrogens (tertiary/aromatic N) is 4. The van der Waals surface area contributed by atoms with E-state index in [4.69, 9.17) is 15.2 Å². The van der Waals surface area contributed by atoms with Gasteiger partial charge in [0, 0.05) is 11.5 Å². The Morgan fingerprint density at radius 3 is 2.49 bits per heavy atom. The SMILES string of the molecule is CN[C@@H](CO[C@H]1[C@H](n2nnc(N)n2)C[C@]2(C)COC[C@@]13C1=CC[C@@]4(C)[C@H](C(=O)O)[C@@](C)([C@H](C)C(C)C)CC[C@]4(C)[C@H]1CC[C@H]23)C1CC1. The Labute approximate surface area is 281 Å². The van der Waals surface area contributed by atoms with Gasteiger partial charge in [-0.05, 0) is 115 Å². The van der Waals surface area contributed by atoms with Crippen molar-refractivity contribution in [2.45, 2.75) is 118 Å². The predicted octanol–water partition coefficient (Wildman–Crippen LogP) is 5.77. The number of anilines is 1. The maximum Gasteiger partial charge on any atom is 0.307 e. The number of hydrogen-bond acceptors (Lipinski definition) is 8. The van der Waals surface area contributed by atoms with Crippen molar-refractivity contribution >= 4 is 11.9 Å². The van der Waals surface area contributed by atoms with Crippen molar-refractivity contribution in [2.75, 3.05) is 32.6 Å². The summed E-state index contributed by atoms with van der Waals surface area (Å²) in [5.74, 6) is 1.16. The average Bonchev–Trinajstić information content (AvgIpc) is 3.77. The molecule has 5 aliphatic carbocycles. The summed E-state index contributed by atoms with van der Waals surface area (Å²) in [7, 11) is 2.05. The number of carboxylic acids is 1. The molecular weight excluding hydrogens is 592 g/mol. The van der Waals surface area contributed by atoms with E-state index in [1.807, 2.05) is 7.05 Å². The fourth-order valence-electron chi connectivity index (χ4n) is 12.6. The van der Waals surface area contributed by atoms with E-state index in [2.05, 4.69) is 75.3 Å². The molecule has 12 atom stereocenters. The third-order valence-electron chi connectivity index (χ3n) is 15.8. The van der Waals surface area contributed by atoms with Crippen molar-refractivity contribution in [3.8, 4) is 0 Å². The number of fused-ring (bicyclic) bond motifs is 3. The summed E-state index contributed by atoms with van der Waals surface area (Å²) >= 11 is 0. The molecule has 0 unspecified atom stereocenters. The van der Waals surface area contributed by atoms with Gasteiger partial charge in [-0.1, -0.05) is 65.2 Å². The van der Waals surface area contributed by atoms with Gasteiger partial charge in [-0.2, -0.15) is 4.80 Å². The normalized spacial score (nSPS) is 45.7. The van der Waals surface area contributed by atoms with E-state index in [0.29, 0.717) is 49.5 Å². The number of carboxylic acid groups (broad SMARTS) is 1. The highest BCUT2D eigenvalue weighted by atomic mass is 16.5. The molecular formula is C37H60N6O4. The number of aromatic nitrogens is 4. The lowest BCUT2D eigenvalue weighted by Gasteiger charge is -2.71. The molecule has 6 aliphatic rings. The first-order valence-electron chi connectivity index (χ1n) is 18.5. The summed E-state index contributed by atoms with van der Waals surface area (Å²) < 4.78 is 13.9. The van der Waals surface area contributed by atoms with Crippen molar-refractivity contribution in [3.63, 3.8) is 0 Å². The number of nitrogen functional groups attached to an aromatic ring is 1. The van der Waals surface area contributed by atoms with Gasteiger partial charge in [-0.3, -0.25) is 4.79 Å². The molecule has 4 saturated carbocycles. The molecule has 1 saturated heterocycles. The molecule has 0 amide bonds. The van der Waals surface area contributed by atoms with Gasteiger partial charge in [0.2, 0.25) is 0 Å². The number of nitrogens with one attached hydrogen (secondary N) is 1. The minimum Gasteiger partial charge on any atom is -0.481 e. The quantitative estimate of drug-likeness (QED) is 0.284. The molecule has 2 heterocycles. The van der Waals surface area contributed by atoms with Gasteiger partial charge in [0.1, 0.15) is 6.04 Å². The van der Waals surface area contributed by atoms with Gasteiger partial charge in [0.05, 0.1) is 31.8 Å². The number of ether oxygens (including phenoxy) is 2. The number of likely N-dealkylation sites (N-methyl/N-ethyl adjacent to an activating group) is 1. The molecule has 10 heteroatoms. The van der Waals surface area contributed by atoms with Gasteiger partial charge >= 0.3 is 5.97 Å². The number of allylic oxidation sites excluding steroid dienone is 1. The van der Waals surface area contributed by atoms with Crippen LogP contribution in [0.1, 0.15) is 106 Å². The average molecular weight is 653 g/mol. The van der Waals surface area contributed by atoms with E-state index in [1.54, 1.807) is 4.80 Å². The van der Waals surface area contributed by atoms with Gasteiger partial charge < -0.3 is 25.6 Å². The van der Waals surface area contributed by atoms with Gasteiger partial charge in [0.15, 0.2) is 0 Å². The maximum absolute atomic E-state index is 13.5. The minimum atomic E-state index is -0.627. The Kier molecular flexibility index (Phi) is 8.00. The van der Waals surface area contributed by atoms with Gasteiger partial charge in [-0.25, -0.2) is 0 Å². The van der Waals surface area contributed by atoms with Crippen molar-refractivity contribution < 1.29 is 19.4 Å². The van der Waals surface area contributed by atoms with Crippen molar-refractivity contribution in [3.05, 3.63) is 11.6 Å².